The Labute approximate surface area is 281 Å². The van der Waals surface area contributed by atoms with E-state index in [0.29, 0.717) is 34.8 Å². The molecule has 0 aliphatic carbocycles. The Balaban J connectivity index is 1.13. The van der Waals surface area contributed by atoms with Gasteiger partial charge in [0.15, 0.2) is 0 Å². The topological polar surface area (TPSA) is 120 Å². The molecule has 5 aromatic rings. The summed E-state index contributed by atoms with van der Waals surface area (Å²) in [7, 11) is -2.14. The van der Waals surface area contributed by atoms with Crippen LogP contribution in [0.2, 0.25) is 0 Å². The lowest BCUT2D eigenvalue weighted by atomic mass is 9.98. The van der Waals surface area contributed by atoms with Gasteiger partial charge in [-0.2, -0.15) is 4.98 Å². The standard InChI is InChI=1S/C37H40N6O4S/c1-47-34-25-27(43-21-17-26(18-22-43)42-23-19-28(44)20-24-42)15-16-32(34)40-37-39-31-12-6-5-11-30(31)36(41-37)38-33-13-7-8-14-35(33)48(45,46)29-9-3-2-4-10-29/h2-16,25-26,28,44H,17-24H2,1H3,(H2,38,39,40,41). The maximum Gasteiger partial charge on any atom is 0.229 e. The molecule has 0 bridgehead atoms. The van der Waals surface area contributed by atoms with E-state index in [2.05, 4.69) is 26.5 Å². The van der Waals surface area contributed by atoms with Crippen LogP contribution in [0.25, 0.3) is 10.9 Å². The SMILES string of the molecule is COc1cc(N2CCC(N3CCC(O)CC3)CC2)ccc1Nc1nc(Nc2ccccc2S(=O)(=O)c2ccccc2)c2ccccc2n1. The van der Waals surface area contributed by atoms with Crippen LogP contribution >= 0.6 is 0 Å². The molecule has 0 unspecified atom stereocenters. The number of likely N-dealkylation sites (tertiary alicyclic amines) is 1. The number of aliphatic hydroxyl groups is 1. The van der Waals surface area contributed by atoms with Gasteiger partial charge in [0.2, 0.25) is 15.8 Å². The minimum atomic E-state index is -3.79. The number of benzene rings is 4. The fourth-order valence-electron chi connectivity index (χ4n) is 6.73. The zero-order valence-corrected chi connectivity index (χ0v) is 27.7. The molecule has 10 nitrogen and oxygen atoms in total. The third-order valence-corrected chi connectivity index (χ3v) is 11.2. The number of nitrogens with zero attached hydrogens (tertiary/aromatic N) is 4. The van der Waals surface area contributed by atoms with Crippen molar-refractivity contribution in [2.75, 3.05) is 48.8 Å². The summed E-state index contributed by atoms with van der Waals surface area (Å²) in [5.74, 6) is 1.49. The number of nitrogens with one attached hydrogen (secondary N) is 2. The van der Waals surface area contributed by atoms with E-state index in [9.17, 15) is 13.5 Å². The lowest BCUT2D eigenvalue weighted by Crippen LogP contribution is -2.48. The van der Waals surface area contributed by atoms with E-state index in [1.54, 1.807) is 61.7 Å². The van der Waals surface area contributed by atoms with Crippen molar-refractivity contribution in [2.45, 2.75) is 47.6 Å². The number of aliphatic hydroxyl groups excluding tert-OH is 1. The van der Waals surface area contributed by atoms with Crippen LogP contribution in [0.15, 0.2) is 107 Å². The van der Waals surface area contributed by atoms with Crippen LogP contribution in [-0.2, 0) is 9.84 Å². The van der Waals surface area contributed by atoms with Crippen molar-refractivity contribution in [2.24, 2.45) is 0 Å². The quantitative estimate of drug-likeness (QED) is 0.164. The molecule has 2 aliphatic rings. The van der Waals surface area contributed by atoms with Crippen molar-refractivity contribution in [1.82, 2.24) is 14.9 Å². The number of ether oxygens (including phenoxy) is 1. The highest BCUT2D eigenvalue weighted by atomic mass is 32.2. The Bertz CT molecular complexity index is 1990. The van der Waals surface area contributed by atoms with E-state index in [4.69, 9.17) is 14.7 Å². The van der Waals surface area contributed by atoms with Crippen molar-refractivity contribution in [1.29, 1.82) is 0 Å². The Kier molecular flexibility index (Phi) is 9.16. The maximum atomic E-state index is 13.6. The van der Waals surface area contributed by atoms with Crippen LogP contribution in [0.1, 0.15) is 25.7 Å². The van der Waals surface area contributed by atoms with E-state index in [1.807, 2.05) is 36.4 Å². The first-order valence-electron chi connectivity index (χ1n) is 16.4. The van der Waals surface area contributed by atoms with Gasteiger partial charge >= 0.3 is 0 Å². The van der Waals surface area contributed by atoms with E-state index in [1.165, 1.54) is 0 Å². The molecule has 1 aromatic heterocycles. The monoisotopic (exact) mass is 664 g/mol. The van der Waals surface area contributed by atoms with Crippen molar-refractivity contribution in [3.05, 3.63) is 97.1 Å². The fraction of sp³-hybridized carbons (Fsp3) is 0.297. The summed E-state index contributed by atoms with van der Waals surface area (Å²) < 4.78 is 33.1. The van der Waals surface area contributed by atoms with Gasteiger partial charge < -0.3 is 30.3 Å². The zero-order chi connectivity index (χ0) is 33.1. The third kappa shape index (κ3) is 6.66. The molecule has 2 fully saturated rings. The number of piperidine rings is 2. The normalized spacial score (nSPS) is 16.6. The summed E-state index contributed by atoms with van der Waals surface area (Å²) in [6.07, 6.45) is 3.77. The van der Waals surface area contributed by atoms with Crippen molar-refractivity contribution >= 4 is 49.6 Å². The van der Waals surface area contributed by atoms with E-state index in [0.717, 1.165) is 68.6 Å². The van der Waals surface area contributed by atoms with Crippen molar-refractivity contribution in [3.63, 3.8) is 0 Å². The highest BCUT2D eigenvalue weighted by Crippen LogP contribution is 2.36. The second kappa shape index (κ2) is 13.8. The van der Waals surface area contributed by atoms with Gasteiger partial charge in [-0.25, -0.2) is 13.4 Å². The third-order valence-electron chi connectivity index (χ3n) is 9.36. The number of para-hydroxylation sites is 2. The second-order valence-corrected chi connectivity index (χ2v) is 14.3. The second-order valence-electron chi connectivity index (χ2n) is 12.3. The van der Waals surface area contributed by atoms with Crippen molar-refractivity contribution < 1.29 is 18.3 Å². The molecule has 4 aromatic carbocycles. The number of hydrogen-bond donors (Lipinski definition) is 3. The molecule has 0 amide bonds. The molecule has 7 rings (SSSR count). The number of aromatic nitrogens is 2. The average molecular weight is 665 g/mol. The van der Waals surface area contributed by atoms with E-state index >= 15 is 0 Å². The first-order chi connectivity index (χ1) is 23.4. The number of sulfone groups is 1. The summed E-state index contributed by atoms with van der Waals surface area (Å²) in [6.45, 7) is 3.88. The summed E-state index contributed by atoms with van der Waals surface area (Å²) in [4.78, 5) is 14.9. The molecular weight excluding hydrogens is 625 g/mol. The van der Waals surface area contributed by atoms with Gasteiger partial charge in [-0.3, -0.25) is 0 Å². The number of methoxy groups -OCH3 is 1. The lowest BCUT2D eigenvalue weighted by molar-refractivity contribution is 0.0542. The maximum absolute atomic E-state index is 13.6. The number of fused-ring (bicyclic) bond motifs is 1. The highest BCUT2D eigenvalue weighted by Gasteiger charge is 2.28. The molecule has 0 saturated carbocycles. The van der Waals surface area contributed by atoms with Gasteiger partial charge in [0.05, 0.1) is 39.9 Å². The molecule has 48 heavy (non-hydrogen) atoms. The van der Waals surface area contributed by atoms with Gasteiger partial charge in [0.25, 0.3) is 0 Å². The van der Waals surface area contributed by atoms with Gasteiger partial charge in [-0.05, 0) is 74.2 Å². The fourth-order valence-corrected chi connectivity index (χ4v) is 8.16. The van der Waals surface area contributed by atoms with Gasteiger partial charge in [-0.15, -0.1) is 0 Å². The summed E-state index contributed by atoms with van der Waals surface area (Å²) in [6, 6.07) is 29.6. The van der Waals surface area contributed by atoms with E-state index in [-0.39, 0.29) is 15.9 Å². The Morgan fingerprint density at radius 3 is 2.25 bits per heavy atom. The Morgan fingerprint density at radius 2 is 1.48 bits per heavy atom. The molecule has 0 radical (unpaired) electrons. The minimum absolute atomic E-state index is 0.149. The number of rotatable bonds is 9. The predicted molar refractivity (Wildman–Crippen MR) is 189 cm³/mol. The van der Waals surface area contributed by atoms with Crippen LogP contribution in [0.4, 0.5) is 28.8 Å². The van der Waals surface area contributed by atoms with Crippen molar-refractivity contribution in [3.8, 4) is 5.75 Å². The molecule has 3 heterocycles. The molecular formula is C37H40N6O4S. The molecule has 0 atom stereocenters. The van der Waals surface area contributed by atoms with Crippen LogP contribution in [0.5, 0.6) is 5.75 Å². The van der Waals surface area contributed by atoms with Crippen LogP contribution in [0, 0.1) is 0 Å². The highest BCUT2D eigenvalue weighted by molar-refractivity contribution is 7.91. The smallest absolute Gasteiger partial charge is 0.229 e. The van der Waals surface area contributed by atoms with E-state index < -0.39 is 9.84 Å². The molecule has 3 N–H and O–H groups in total. The number of anilines is 5. The van der Waals surface area contributed by atoms with Gasteiger partial charge in [0, 0.05) is 49.4 Å². The summed E-state index contributed by atoms with van der Waals surface area (Å²) in [5, 5.41) is 17.3. The van der Waals surface area contributed by atoms with Crippen LogP contribution in [-0.4, -0.2) is 73.8 Å². The Morgan fingerprint density at radius 1 is 0.771 bits per heavy atom. The Hall–Kier alpha value is -4.71. The largest absolute Gasteiger partial charge is 0.494 e. The summed E-state index contributed by atoms with van der Waals surface area (Å²) in [5.41, 5.74) is 2.93. The molecule has 248 valence electrons. The molecule has 2 aliphatic heterocycles. The predicted octanol–water partition coefficient (Wildman–Crippen LogP) is 6.38. The summed E-state index contributed by atoms with van der Waals surface area (Å²) >= 11 is 0. The van der Waals surface area contributed by atoms with Crippen LogP contribution in [0.3, 0.4) is 0 Å². The van der Waals surface area contributed by atoms with Gasteiger partial charge in [0.1, 0.15) is 11.6 Å². The zero-order valence-electron chi connectivity index (χ0n) is 26.9. The lowest BCUT2D eigenvalue weighted by Gasteiger charge is -2.41. The minimum Gasteiger partial charge on any atom is -0.494 e. The van der Waals surface area contributed by atoms with Gasteiger partial charge in [-0.1, -0.05) is 42.5 Å². The van der Waals surface area contributed by atoms with Crippen LogP contribution < -0.4 is 20.3 Å². The first-order valence-corrected chi connectivity index (χ1v) is 17.9. The average Bonchev–Trinajstić information content (AvgIpc) is 3.13. The number of hydrogen-bond acceptors (Lipinski definition) is 10. The molecule has 11 heteroatoms. The molecule has 2 saturated heterocycles. The first kappa shape index (κ1) is 31.9. The molecule has 0 spiro atoms.